The quantitative estimate of drug-likeness (QED) is 0.486. The molecular formula is C22H26F2N8O. The van der Waals surface area contributed by atoms with E-state index in [2.05, 4.69) is 32.0 Å². The lowest BCUT2D eigenvalue weighted by Gasteiger charge is -2.36. The van der Waals surface area contributed by atoms with Crippen LogP contribution in [0.25, 0.3) is 16.6 Å². The summed E-state index contributed by atoms with van der Waals surface area (Å²) < 4.78 is 31.3. The Morgan fingerprint density at radius 3 is 2.76 bits per heavy atom. The molecule has 0 saturated carbocycles. The van der Waals surface area contributed by atoms with E-state index in [0.29, 0.717) is 18.3 Å². The number of nitrogens with zero attached hydrogens (tertiary/aromatic N) is 7. The summed E-state index contributed by atoms with van der Waals surface area (Å²) in [5, 5.41) is 18.9. The smallest absolute Gasteiger partial charge is 0.223 e. The Bertz CT molecular complexity index is 1350. The van der Waals surface area contributed by atoms with Crippen LogP contribution in [-0.4, -0.2) is 54.2 Å². The van der Waals surface area contributed by atoms with Crippen LogP contribution in [0.15, 0.2) is 24.5 Å². The zero-order chi connectivity index (χ0) is 23.5. The monoisotopic (exact) mass is 456 g/mol. The van der Waals surface area contributed by atoms with Gasteiger partial charge in [0.15, 0.2) is 17.3 Å². The van der Waals surface area contributed by atoms with Gasteiger partial charge in [-0.2, -0.15) is 9.61 Å². The topological polar surface area (TPSA) is 110 Å². The van der Waals surface area contributed by atoms with Crippen LogP contribution >= 0.6 is 0 Å². The van der Waals surface area contributed by atoms with E-state index in [1.807, 2.05) is 20.0 Å². The summed E-state index contributed by atoms with van der Waals surface area (Å²) in [6.45, 7) is 7.47. The fourth-order valence-electron chi connectivity index (χ4n) is 4.48. The molecular weight excluding hydrogens is 430 g/mol. The summed E-state index contributed by atoms with van der Waals surface area (Å²) >= 11 is 0. The van der Waals surface area contributed by atoms with Crippen molar-refractivity contribution < 1.29 is 13.9 Å². The van der Waals surface area contributed by atoms with Gasteiger partial charge in [0.2, 0.25) is 5.95 Å². The SMILES string of the molecule is CC1CC(c2nc3c4cc(F)cc(F)c4nc(N)n3n2)CN(c2cnn(C(C)(C)CO)c2)C1. The molecule has 1 fully saturated rings. The number of rotatable bonds is 4. The molecule has 0 radical (unpaired) electrons. The first-order valence-electron chi connectivity index (χ1n) is 10.9. The predicted octanol–water partition coefficient (Wildman–Crippen LogP) is 2.69. The highest BCUT2D eigenvalue weighted by molar-refractivity contribution is 5.92. The highest BCUT2D eigenvalue weighted by Gasteiger charge is 2.31. The molecule has 3 N–H and O–H groups in total. The average Bonchev–Trinajstić information content (AvgIpc) is 3.43. The summed E-state index contributed by atoms with van der Waals surface area (Å²) in [6.07, 6.45) is 4.59. The molecule has 4 heterocycles. The predicted molar refractivity (Wildman–Crippen MR) is 120 cm³/mol. The fourth-order valence-corrected chi connectivity index (χ4v) is 4.48. The number of nitrogens with two attached hydrogens (primary N) is 1. The van der Waals surface area contributed by atoms with Crippen molar-refractivity contribution in [2.24, 2.45) is 5.92 Å². The summed E-state index contributed by atoms with van der Waals surface area (Å²) in [7, 11) is 0. The lowest BCUT2D eigenvalue weighted by Crippen LogP contribution is -2.39. The number of piperidine rings is 1. The lowest BCUT2D eigenvalue weighted by atomic mass is 9.89. The van der Waals surface area contributed by atoms with Crippen molar-refractivity contribution in [3.63, 3.8) is 0 Å². The number of benzene rings is 1. The van der Waals surface area contributed by atoms with E-state index in [1.54, 1.807) is 10.9 Å². The van der Waals surface area contributed by atoms with Crippen LogP contribution in [0, 0.1) is 17.6 Å². The van der Waals surface area contributed by atoms with E-state index in [-0.39, 0.29) is 35.0 Å². The molecule has 11 heteroatoms. The molecule has 1 saturated heterocycles. The standard InChI is InChI=1S/C22H26F2N8O/c1-12-4-13(9-30(8-12)15-7-26-31(10-15)22(2,3)11-33)19-28-20-16-5-14(23)6-17(24)18(16)27-21(25)32(20)29-19/h5-7,10,12-13,33H,4,8-9,11H2,1-3H3,(H2,25,27). The van der Waals surface area contributed by atoms with Crippen molar-refractivity contribution in [3.05, 3.63) is 42.0 Å². The minimum absolute atomic E-state index is 0.00464. The number of fused-ring (bicyclic) bond motifs is 3. The normalized spacial score (nSPS) is 19.6. The van der Waals surface area contributed by atoms with Gasteiger partial charge in [0.1, 0.15) is 11.3 Å². The number of aliphatic hydroxyl groups excluding tert-OH is 1. The molecule has 9 nitrogen and oxygen atoms in total. The molecule has 1 aliphatic heterocycles. The molecule has 2 atom stereocenters. The van der Waals surface area contributed by atoms with Gasteiger partial charge in [0.25, 0.3) is 0 Å². The number of aromatic nitrogens is 6. The van der Waals surface area contributed by atoms with E-state index in [4.69, 9.17) is 5.73 Å². The molecule has 5 rings (SSSR count). The molecule has 1 aromatic carbocycles. The van der Waals surface area contributed by atoms with Gasteiger partial charge in [-0.3, -0.25) is 4.68 Å². The zero-order valence-corrected chi connectivity index (χ0v) is 18.7. The second-order valence-corrected chi connectivity index (χ2v) is 9.52. The van der Waals surface area contributed by atoms with Gasteiger partial charge < -0.3 is 15.7 Å². The summed E-state index contributed by atoms with van der Waals surface area (Å²) in [4.78, 5) is 10.9. The Hall–Kier alpha value is -3.34. The number of nitrogen functional groups attached to an aromatic ring is 1. The fraction of sp³-hybridized carbons (Fsp3) is 0.455. The van der Waals surface area contributed by atoms with Crippen molar-refractivity contribution in [2.75, 3.05) is 30.3 Å². The molecule has 0 spiro atoms. The molecule has 0 bridgehead atoms. The van der Waals surface area contributed by atoms with Gasteiger partial charge in [-0.15, -0.1) is 5.10 Å². The Morgan fingerprint density at radius 2 is 2.00 bits per heavy atom. The van der Waals surface area contributed by atoms with Crippen LogP contribution in [-0.2, 0) is 5.54 Å². The number of anilines is 2. The Balaban J connectivity index is 1.52. The van der Waals surface area contributed by atoms with Gasteiger partial charge in [-0.25, -0.2) is 18.7 Å². The maximum atomic E-state index is 14.3. The third-order valence-electron chi connectivity index (χ3n) is 6.30. The van der Waals surface area contributed by atoms with Gasteiger partial charge in [0.05, 0.1) is 29.4 Å². The largest absolute Gasteiger partial charge is 0.394 e. The third-order valence-corrected chi connectivity index (χ3v) is 6.30. The van der Waals surface area contributed by atoms with Crippen LogP contribution in [0.4, 0.5) is 20.4 Å². The van der Waals surface area contributed by atoms with Crippen LogP contribution in [0.2, 0.25) is 0 Å². The van der Waals surface area contributed by atoms with Crippen molar-refractivity contribution in [2.45, 2.75) is 38.6 Å². The Morgan fingerprint density at radius 1 is 1.21 bits per heavy atom. The molecule has 0 amide bonds. The third kappa shape index (κ3) is 3.65. The second-order valence-electron chi connectivity index (χ2n) is 9.52. The molecule has 33 heavy (non-hydrogen) atoms. The first-order chi connectivity index (χ1) is 15.7. The van der Waals surface area contributed by atoms with Gasteiger partial charge in [0, 0.05) is 31.3 Å². The maximum Gasteiger partial charge on any atom is 0.223 e. The summed E-state index contributed by atoms with van der Waals surface area (Å²) in [6, 6.07) is 1.98. The molecule has 1 aliphatic rings. The number of aliphatic hydroxyl groups is 1. The minimum atomic E-state index is -0.788. The van der Waals surface area contributed by atoms with Crippen LogP contribution in [0.5, 0.6) is 0 Å². The van der Waals surface area contributed by atoms with Gasteiger partial charge >= 0.3 is 0 Å². The van der Waals surface area contributed by atoms with Crippen molar-refractivity contribution >= 4 is 28.2 Å². The minimum Gasteiger partial charge on any atom is -0.394 e. The van der Waals surface area contributed by atoms with E-state index in [9.17, 15) is 13.9 Å². The number of halogens is 2. The highest BCUT2D eigenvalue weighted by atomic mass is 19.1. The van der Waals surface area contributed by atoms with Crippen LogP contribution in [0.3, 0.4) is 0 Å². The van der Waals surface area contributed by atoms with Crippen LogP contribution < -0.4 is 10.6 Å². The zero-order valence-electron chi connectivity index (χ0n) is 18.7. The summed E-state index contributed by atoms with van der Waals surface area (Å²) in [5.74, 6) is -0.611. The first-order valence-corrected chi connectivity index (χ1v) is 10.9. The number of hydrogen-bond donors (Lipinski definition) is 2. The van der Waals surface area contributed by atoms with E-state index in [0.717, 1.165) is 24.7 Å². The van der Waals surface area contributed by atoms with E-state index < -0.39 is 17.2 Å². The molecule has 174 valence electrons. The molecule has 2 unspecified atom stereocenters. The average molecular weight is 457 g/mol. The van der Waals surface area contributed by atoms with Crippen molar-refractivity contribution in [1.29, 1.82) is 0 Å². The summed E-state index contributed by atoms with van der Waals surface area (Å²) in [5.41, 5.74) is 6.73. The Labute approximate surface area is 188 Å². The van der Waals surface area contributed by atoms with E-state index in [1.165, 1.54) is 10.6 Å². The molecule has 0 aliphatic carbocycles. The second kappa shape index (κ2) is 7.62. The Kier molecular flexibility index (Phi) is 4.96. The highest BCUT2D eigenvalue weighted by Crippen LogP contribution is 2.33. The first kappa shape index (κ1) is 21.5. The molecule has 4 aromatic rings. The van der Waals surface area contributed by atoms with Crippen LogP contribution in [0.1, 0.15) is 38.9 Å². The maximum absolute atomic E-state index is 14.3. The molecule has 3 aromatic heterocycles. The van der Waals surface area contributed by atoms with Crippen molar-refractivity contribution in [3.8, 4) is 0 Å². The van der Waals surface area contributed by atoms with Gasteiger partial charge in [-0.1, -0.05) is 6.92 Å². The number of hydrogen-bond acceptors (Lipinski definition) is 7. The van der Waals surface area contributed by atoms with Gasteiger partial charge in [-0.05, 0) is 32.3 Å². The lowest BCUT2D eigenvalue weighted by molar-refractivity contribution is 0.152. The van der Waals surface area contributed by atoms with Crippen molar-refractivity contribution in [1.82, 2.24) is 29.4 Å². The van der Waals surface area contributed by atoms with E-state index >= 15 is 0 Å².